The summed E-state index contributed by atoms with van der Waals surface area (Å²) in [5, 5.41) is 0. The molecule has 136 valence electrons. The molecule has 2 amide bonds. The van der Waals surface area contributed by atoms with Crippen molar-refractivity contribution in [3.05, 3.63) is 65.5 Å². The van der Waals surface area contributed by atoms with Crippen molar-refractivity contribution in [1.29, 1.82) is 0 Å². The zero-order valence-corrected chi connectivity index (χ0v) is 14.7. The van der Waals surface area contributed by atoms with Crippen molar-refractivity contribution in [2.24, 2.45) is 0 Å². The van der Waals surface area contributed by atoms with Gasteiger partial charge in [-0.25, -0.2) is 4.39 Å². The van der Waals surface area contributed by atoms with Gasteiger partial charge in [-0.3, -0.25) is 9.59 Å². The third-order valence-corrected chi connectivity index (χ3v) is 4.45. The zero-order valence-electron chi connectivity index (χ0n) is 14.7. The fourth-order valence-corrected chi connectivity index (χ4v) is 2.94. The molecule has 0 aromatic heterocycles. The Morgan fingerprint density at radius 3 is 2.38 bits per heavy atom. The van der Waals surface area contributed by atoms with Gasteiger partial charge in [0.05, 0.1) is 0 Å². The summed E-state index contributed by atoms with van der Waals surface area (Å²) in [6.07, 6.45) is 0. The lowest BCUT2D eigenvalue weighted by molar-refractivity contribution is -0.134. The van der Waals surface area contributed by atoms with Crippen LogP contribution < -0.4 is 4.74 Å². The molecule has 1 aliphatic rings. The Hall–Kier alpha value is -2.89. The maximum Gasteiger partial charge on any atom is 0.260 e. The number of hydrogen-bond donors (Lipinski definition) is 0. The Balaban J connectivity index is 1.51. The lowest BCUT2D eigenvalue weighted by atomic mass is 10.1. The molecular weight excluding hydrogens is 335 g/mol. The van der Waals surface area contributed by atoms with Gasteiger partial charge in [0.15, 0.2) is 6.61 Å². The van der Waals surface area contributed by atoms with Gasteiger partial charge in [0, 0.05) is 37.8 Å². The van der Waals surface area contributed by atoms with Crippen molar-refractivity contribution >= 4 is 11.8 Å². The highest BCUT2D eigenvalue weighted by Gasteiger charge is 2.25. The van der Waals surface area contributed by atoms with Crippen molar-refractivity contribution in [1.82, 2.24) is 9.80 Å². The van der Waals surface area contributed by atoms with Crippen LogP contribution in [0.15, 0.2) is 48.5 Å². The second-order valence-electron chi connectivity index (χ2n) is 6.23. The molecule has 26 heavy (non-hydrogen) atoms. The summed E-state index contributed by atoms with van der Waals surface area (Å²) in [7, 11) is 0. The SMILES string of the molecule is Cc1ccccc1C(=O)N1CCN(C(=O)COc2cccc(F)c2)CC1. The largest absolute Gasteiger partial charge is 0.484 e. The molecule has 0 atom stereocenters. The first-order chi connectivity index (χ1) is 12.5. The number of carbonyl (C=O) groups is 2. The van der Waals surface area contributed by atoms with Crippen LogP contribution in [0.5, 0.6) is 5.75 Å². The molecule has 1 fully saturated rings. The van der Waals surface area contributed by atoms with Gasteiger partial charge in [-0.15, -0.1) is 0 Å². The van der Waals surface area contributed by atoms with Crippen LogP contribution >= 0.6 is 0 Å². The first-order valence-corrected chi connectivity index (χ1v) is 8.55. The smallest absolute Gasteiger partial charge is 0.260 e. The molecule has 2 aromatic carbocycles. The highest BCUT2D eigenvalue weighted by atomic mass is 19.1. The number of rotatable bonds is 4. The average Bonchev–Trinajstić information content (AvgIpc) is 2.66. The van der Waals surface area contributed by atoms with Crippen LogP contribution in [-0.2, 0) is 4.79 Å². The molecule has 1 saturated heterocycles. The number of amides is 2. The monoisotopic (exact) mass is 356 g/mol. The molecule has 0 unspecified atom stereocenters. The summed E-state index contributed by atoms with van der Waals surface area (Å²) in [4.78, 5) is 28.3. The van der Waals surface area contributed by atoms with Crippen LogP contribution in [0.3, 0.4) is 0 Å². The molecule has 1 aliphatic heterocycles. The van der Waals surface area contributed by atoms with E-state index in [2.05, 4.69) is 0 Å². The lowest BCUT2D eigenvalue weighted by Crippen LogP contribution is -2.51. The number of ether oxygens (including phenoxy) is 1. The van der Waals surface area contributed by atoms with Gasteiger partial charge in [0.1, 0.15) is 11.6 Å². The Kier molecular flexibility index (Phi) is 5.51. The zero-order chi connectivity index (χ0) is 18.5. The fraction of sp³-hybridized carbons (Fsp3) is 0.300. The molecule has 2 aromatic rings. The summed E-state index contributed by atoms with van der Waals surface area (Å²) < 4.78 is 18.5. The molecule has 0 bridgehead atoms. The van der Waals surface area contributed by atoms with E-state index in [1.165, 1.54) is 18.2 Å². The topological polar surface area (TPSA) is 49.9 Å². The van der Waals surface area contributed by atoms with Crippen LogP contribution in [0.4, 0.5) is 4.39 Å². The van der Waals surface area contributed by atoms with E-state index in [4.69, 9.17) is 4.74 Å². The summed E-state index contributed by atoms with van der Waals surface area (Å²) in [6, 6.07) is 13.2. The van der Waals surface area contributed by atoms with Crippen LogP contribution in [0, 0.1) is 12.7 Å². The van der Waals surface area contributed by atoms with Crippen molar-refractivity contribution < 1.29 is 18.7 Å². The van der Waals surface area contributed by atoms with E-state index in [1.807, 2.05) is 31.2 Å². The number of aryl methyl sites for hydroxylation is 1. The number of carbonyl (C=O) groups excluding carboxylic acids is 2. The molecule has 0 N–H and O–H groups in total. The van der Waals surface area contributed by atoms with E-state index in [0.29, 0.717) is 37.5 Å². The molecular formula is C20H21FN2O3. The maximum atomic E-state index is 13.1. The van der Waals surface area contributed by atoms with Gasteiger partial charge >= 0.3 is 0 Å². The van der Waals surface area contributed by atoms with E-state index < -0.39 is 5.82 Å². The van der Waals surface area contributed by atoms with Gasteiger partial charge in [0.2, 0.25) is 0 Å². The third-order valence-electron chi connectivity index (χ3n) is 4.45. The molecule has 5 nitrogen and oxygen atoms in total. The predicted molar refractivity (Wildman–Crippen MR) is 95.6 cm³/mol. The minimum atomic E-state index is -0.404. The summed E-state index contributed by atoms with van der Waals surface area (Å²) in [5.74, 6) is -0.256. The highest BCUT2D eigenvalue weighted by molar-refractivity contribution is 5.95. The second kappa shape index (κ2) is 7.99. The van der Waals surface area contributed by atoms with E-state index in [1.54, 1.807) is 15.9 Å². The van der Waals surface area contributed by atoms with Crippen LogP contribution in [-0.4, -0.2) is 54.4 Å². The quantitative estimate of drug-likeness (QED) is 0.846. The Morgan fingerprint density at radius 1 is 1.00 bits per heavy atom. The average molecular weight is 356 g/mol. The second-order valence-corrected chi connectivity index (χ2v) is 6.23. The van der Waals surface area contributed by atoms with Crippen molar-refractivity contribution in [2.75, 3.05) is 32.8 Å². The molecule has 0 spiro atoms. The minimum Gasteiger partial charge on any atom is -0.484 e. The van der Waals surface area contributed by atoms with Gasteiger partial charge in [-0.2, -0.15) is 0 Å². The molecule has 0 saturated carbocycles. The number of piperazine rings is 1. The van der Waals surface area contributed by atoms with Gasteiger partial charge < -0.3 is 14.5 Å². The maximum absolute atomic E-state index is 13.1. The van der Waals surface area contributed by atoms with Crippen LogP contribution in [0.1, 0.15) is 15.9 Å². The molecule has 1 heterocycles. The Labute approximate surface area is 152 Å². The first kappa shape index (κ1) is 17.9. The lowest BCUT2D eigenvalue weighted by Gasteiger charge is -2.35. The van der Waals surface area contributed by atoms with E-state index in [9.17, 15) is 14.0 Å². The number of benzene rings is 2. The van der Waals surface area contributed by atoms with Crippen molar-refractivity contribution in [3.8, 4) is 5.75 Å². The number of hydrogen-bond acceptors (Lipinski definition) is 3. The van der Waals surface area contributed by atoms with Gasteiger partial charge in [-0.05, 0) is 30.7 Å². The van der Waals surface area contributed by atoms with E-state index in [0.717, 1.165) is 5.56 Å². The summed E-state index contributed by atoms with van der Waals surface area (Å²) >= 11 is 0. The van der Waals surface area contributed by atoms with Crippen LogP contribution in [0.2, 0.25) is 0 Å². The summed E-state index contributed by atoms with van der Waals surface area (Å²) in [6.45, 7) is 3.66. The van der Waals surface area contributed by atoms with E-state index in [-0.39, 0.29) is 18.4 Å². The van der Waals surface area contributed by atoms with Gasteiger partial charge in [0.25, 0.3) is 11.8 Å². The molecule has 6 heteroatoms. The summed E-state index contributed by atoms with van der Waals surface area (Å²) in [5.41, 5.74) is 1.64. The highest BCUT2D eigenvalue weighted by Crippen LogP contribution is 2.14. The predicted octanol–water partition coefficient (Wildman–Crippen LogP) is 2.50. The fourth-order valence-electron chi connectivity index (χ4n) is 2.94. The Morgan fingerprint density at radius 2 is 1.69 bits per heavy atom. The van der Waals surface area contributed by atoms with Crippen molar-refractivity contribution in [3.63, 3.8) is 0 Å². The van der Waals surface area contributed by atoms with Crippen LogP contribution in [0.25, 0.3) is 0 Å². The minimum absolute atomic E-state index is 0.00814. The van der Waals surface area contributed by atoms with Crippen molar-refractivity contribution in [2.45, 2.75) is 6.92 Å². The normalized spacial score (nSPS) is 14.2. The molecule has 0 aliphatic carbocycles. The van der Waals surface area contributed by atoms with E-state index >= 15 is 0 Å². The molecule has 3 rings (SSSR count). The first-order valence-electron chi connectivity index (χ1n) is 8.55. The Bertz CT molecular complexity index is 801. The van der Waals surface area contributed by atoms with Gasteiger partial charge in [-0.1, -0.05) is 24.3 Å². The third kappa shape index (κ3) is 4.20. The number of halogens is 1. The number of nitrogens with zero attached hydrogens (tertiary/aromatic N) is 2. The standard InChI is InChI=1S/C20H21FN2O3/c1-15-5-2-3-8-18(15)20(25)23-11-9-22(10-12-23)19(24)14-26-17-7-4-6-16(21)13-17/h2-8,13H,9-12,14H2,1H3. The molecule has 0 radical (unpaired) electrons.